The molecule has 3 aromatic rings. The highest BCUT2D eigenvalue weighted by atomic mass is 32.1. The summed E-state index contributed by atoms with van der Waals surface area (Å²) in [4.78, 5) is 18.9. The highest BCUT2D eigenvalue weighted by Crippen LogP contribution is 2.20. The summed E-state index contributed by atoms with van der Waals surface area (Å²) in [7, 11) is 1.84. The lowest BCUT2D eigenvalue weighted by Crippen LogP contribution is -2.31. The molecule has 0 aliphatic rings. The summed E-state index contributed by atoms with van der Waals surface area (Å²) in [5.41, 5.74) is 3.12. The highest BCUT2D eigenvalue weighted by Gasteiger charge is 2.18. The summed E-state index contributed by atoms with van der Waals surface area (Å²) in [5.74, 6) is 0.882. The van der Waals surface area contributed by atoms with E-state index < -0.39 is 0 Å². The summed E-state index contributed by atoms with van der Waals surface area (Å²) in [6.45, 7) is 4.50. The maximum Gasteiger partial charge on any atom is 0.228 e. The van der Waals surface area contributed by atoms with Crippen LogP contribution in [0.2, 0.25) is 0 Å². The standard InChI is InChI=1S/C22H24N2O2S/c1-16-9-11-20(12-10-16)26-14-21-23-19(15-27-21)13-22(25)24(3)17(2)18-7-5-4-6-8-18/h4-12,15,17H,13-14H2,1-3H3. The number of carbonyl (C=O) groups excluding carboxylic acids is 1. The van der Waals surface area contributed by atoms with Crippen LogP contribution >= 0.6 is 11.3 Å². The van der Waals surface area contributed by atoms with Crippen molar-refractivity contribution in [2.45, 2.75) is 32.9 Å². The lowest BCUT2D eigenvalue weighted by atomic mass is 10.1. The molecule has 27 heavy (non-hydrogen) atoms. The lowest BCUT2D eigenvalue weighted by molar-refractivity contribution is -0.131. The van der Waals surface area contributed by atoms with Gasteiger partial charge in [0.25, 0.3) is 0 Å². The zero-order valence-electron chi connectivity index (χ0n) is 15.9. The Hall–Kier alpha value is -2.66. The first kappa shape index (κ1) is 19.1. The van der Waals surface area contributed by atoms with E-state index in [1.165, 1.54) is 16.9 Å². The predicted octanol–water partition coefficient (Wildman–Crippen LogP) is 4.79. The Morgan fingerprint density at radius 1 is 1.15 bits per heavy atom. The molecule has 0 aliphatic heterocycles. The number of hydrogen-bond acceptors (Lipinski definition) is 4. The predicted molar refractivity (Wildman–Crippen MR) is 109 cm³/mol. The Labute approximate surface area is 164 Å². The second-order valence-corrected chi connectivity index (χ2v) is 7.55. The molecule has 1 unspecified atom stereocenters. The topological polar surface area (TPSA) is 42.4 Å². The van der Waals surface area contributed by atoms with E-state index in [0.29, 0.717) is 13.0 Å². The van der Waals surface area contributed by atoms with Crippen LogP contribution in [-0.2, 0) is 17.8 Å². The largest absolute Gasteiger partial charge is 0.486 e. The van der Waals surface area contributed by atoms with Gasteiger partial charge >= 0.3 is 0 Å². The van der Waals surface area contributed by atoms with Crippen LogP contribution in [0.4, 0.5) is 0 Å². The van der Waals surface area contributed by atoms with Crippen LogP contribution in [0.15, 0.2) is 60.0 Å². The van der Waals surface area contributed by atoms with Crippen LogP contribution < -0.4 is 4.74 Å². The lowest BCUT2D eigenvalue weighted by Gasteiger charge is -2.25. The maximum absolute atomic E-state index is 12.6. The first-order valence-electron chi connectivity index (χ1n) is 8.96. The van der Waals surface area contributed by atoms with Crippen molar-refractivity contribution >= 4 is 17.2 Å². The minimum atomic E-state index is 0.0293. The fourth-order valence-corrected chi connectivity index (χ4v) is 3.43. The minimum absolute atomic E-state index is 0.0293. The van der Waals surface area contributed by atoms with Crippen molar-refractivity contribution in [2.75, 3.05) is 7.05 Å². The number of nitrogens with zero attached hydrogens (tertiary/aromatic N) is 2. The summed E-state index contributed by atoms with van der Waals surface area (Å²) in [6, 6.07) is 18.0. The Balaban J connectivity index is 1.55. The van der Waals surface area contributed by atoms with Gasteiger partial charge in [-0.1, -0.05) is 48.0 Å². The number of ether oxygens (including phenoxy) is 1. The first-order chi connectivity index (χ1) is 13.0. The van der Waals surface area contributed by atoms with Crippen molar-refractivity contribution in [3.05, 3.63) is 81.8 Å². The van der Waals surface area contributed by atoms with Gasteiger partial charge in [-0.25, -0.2) is 4.98 Å². The zero-order chi connectivity index (χ0) is 19.2. The van der Waals surface area contributed by atoms with Crippen LogP contribution in [-0.4, -0.2) is 22.8 Å². The molecule has 0 bridgehead atoms. The Morgan fingerprint density at radius 2 is 1.85 bits per heavy atom. The van der Waals surface area contributed by atoms with Crippen molar-refractivity contribution in [2.24, 2.45) is 0 Å². The van der Waals surface area contributed by atoms with E-state index in [1.807, 2.05) is 80.9 Å². The number of likely N-dealkylation sites (N-methyl/N-ethyl adjacent to an activating group) is 1. The van der Waals surface area contributed by atoms with E-state index in [0.717, 1.165) is 22.0 Å². The van der Waals surface area contributed by atoms with Crippen LogP contribution in [0, 0.1) is 6.92 Å². The van der Waals surface area contributed by atoms with E-state index in [-0.39, 0.29) is 11.9 Å². The molecule has 0 spiro atoms. The van der Waals surface area contributed by atoms with Gasteiger partial charge in [-0.05, 0) is 31.5 Å². The van der Waals surface area contributed by atoms with Crippen LogP contribution in [0.25, 0.3) is 0 Å². The van der Waals surface area contributed by atoms with Crippen molar-refractivity contribution in [3.8, 4) is 5.75 Å². The number of carbonyl (C=O) groups is 1. The van der Waals surface area contributed by atoms with Gasteiger partial charge in [-0.3, -0.25) is 4.79 Å². The molecule has 0 N–H and O–H groups in total. The molecule has 2 aromatic carbocycles. The molecule has 0 aliphatic carbocycles. The SMILES string of the molecule is Cc1ccc(OCc2nc(CC(=O)N(C)C(C)c3ccccc3)cs2)cc1. The molecule has 0 fully saturated rings. The number of thiazole rings is 1. The molecule has 1 atom stereocenters. The molecule has 0 saturated heterocycles. The average Bonchev–Trinajstić information content (AvgIpc) is 3.14. The second-order valence-electron chi connectivity index (χ2n) is 6.60. The third-order valence-corrected chi connectivity index (χ3v) is 5.44. The van der Waals surface area contributed by atoms with Crippen molar-refractivity contribution in [1.29, 1.82) is 0 Å². The Kier molecular flexibility index (Phi) is 6.24. The normalized spacial score (nSPS) is 11.8. The zero-order valence-corrected chi connectivity index (χ0v) is 16.7. The van der Waals surface area contributed by atoms with Crippen molar-refractivity contribution in [1.82, 2.24) is 9.88 Å². The van der Waals surface area contributed by atoms with E-state index in [1.54, 1.807) is 4.90 Å². The summed E-state index contributed by atoms with van der Waals surface area (Å²) in [5, 5.41) is 2.81. The molecule has 140 valence electrons. The monoisotopic (exact) mass is 380 g/mol. The molecule has 1 amide bonds. The molecule has 3 rings (SSSR count). The fraction of sp³-hybridized carbons (Fsp3) is 0.273. The van der Waals surface area contributed by atoms with Crippen molar-refractivity contribution < 1.29 is 9.53 Å². The Bertz CT molecular complexity index is 875. The molecular formula is C22H24N2O2S. The number of hydrogen-bond donors (Lipinski definition) is 0. The third kappa shape index (κ3) is 5.17. The van der Waals surface area contributed by atoms with E-state index >= 15 is 0 Å². The maximum atomic E-state index is 12.6. The van der Waals surface area contributed by atoms with Crippen LogP contribution in [0.1, 0.15) is 34.8 Å². The molecule has 0 saturated carbocycles. The van der Waals surface area contributed by atoms with Crippen LogP contribution in [0.3, 0.4) is 0 Å². The number of amides is 1. The van der Waals surface area contributed by atoms with Gasteiger partial charge < -0.3 is 9.64 Å². The summed E-state index contributed by atoms with van der Waals surface area (Å²) in [6.07, 6.45) is 0.300. The summed E-state index contributed by atoms with van der Waals surface area (Å²) < 4.78 is 5.76. The molecular weight excluding hydrogens is 356 g/mol. The minimum Gasteiger partial charge on any atom is -0.486 e. The summed E-state index contributed by atoms with van der Waals surface area (Å²) >= 11 is 1.52. The fourth-order valence-electron chi connectivity index (χ4n) is 2.73. The van der Waals surface area contributed by atoms with Gasteiger partial charge in [0.2, 0.25) is 5.91 Å². The molecule has 4 nitrogen and oxygen atoms in total. The number of benzene rings is 2. The van der Waals surface area contributed by atoms with Gasteiger partial charge in [-0.2, -0.15) is 0 Å². The van der Waals surface area contributed by atoms with E-state index in [4.69, 9.17) is 4.74 Å². The number of aryl methyl sites for hydroxylation is 1. The third-order valence-electron chi connectivity index (χ3n) is 4.57. The Morgan fingerprint density at radius 3 is 2.56 bits per heavy atom. The van der Waals surface area contributed by atoms with Crippen molar-refractivity contribution in [3.63, 3.8) is 0 Å². The van der Waals surface area contributed by atoms with E-state index in [9.17, 15) is 4.79 Å². The molecule has 1 heterocycles. The quantitative estimate of drug-likeness (QED) is 0.592. The molecule has 0 radical (unpaired) electrons. The van der Waals surface area contributed by atoms with Crippen LogP contribution in [0.5, 0.6) is 5.75 Å². The van der Waals surface area contributed by atoms with Gasteiger partial charge in [-0.15, -0.1) is 11.3 Å². The highest BCUT2D eigenvalue weighted by molar-refractivity contribution is 7.09. The number of aromatic nitrogens is 1. The molecule has 5 heteroatoms. The van der Waals surface area contributed by atoms with Gasteiger partial charge in [0.05, 0.1) is 18.2 Å². The number of rotatable bonds is 7. The van der Waals surface area contributed by atoms with Gasteiger partial charge in [0, 0.05) is 12.4 Å². The second kappa shape index (κ2) is 8.82. The van der Waals surface area contributed by atoms with E-state index in [2.05, 4.69) is 4.98 Å². The molecule has 1 aromatic heterocycles. The average molecular weight is 381 g/mol. The smallest absolute Gasteiger partial charge is 0.228 e. The van der Waals surface area contributed by atoms with Gasteiger partial charge in [0.15, 0.2) is 0 Å². The first-order valence-corrected chi connectivity index (χ1v) is 9.84. The van der Waals surface area contributed by atoms with Gasteiger partial charge in [0.1, 0.15) is 17.4 Å².